The third kappa shape index (κ3) is 5.31. The zero-order valence-electron chi connectivity index (χ0n) is 18.2. The van der Waals surface area contributed by atoms with Crippen LogP contribution < -0.4 is 10.1 Å². The van der Waals surface area contributed by atoms with Crippen LogP contribution in [0.5, 0.6) is 5.75 Å². The van der Waals surface area contributed by atoms with Crippen molar-refractivity contribution in [2.45, 2.75) is 32.9 Å². The first kappa shape index (κ1) is 22.1. The maximum atomic E-state index is 13.1. The molecule has 0 aliphatic heterocycles. The van der Waals surface area contributed by atoms with E-state index < -0.39 is 12.0 Å². The van der Waals surface area contributed by atoms with Gasteiger partial charge in [-0.3, -0.25) is 14.6 Å². The van der Waals surface area contributed by atoms with Crippen LogP contribution in [0.1, 0.15) is 45.5 Å². The Morgan fingerprint density at radius 2 is 1.84 bits per heavy atom. The molecule has 3 aromatic rings. The highest BCUT2D eigenvalue weighted by molar-refractivity contribution is 5.96. The summed E-state index contributed by atoms with van der Waals surface area (Å²) in [6.45, 7) is 4.45. The number of benzene rings is 1. The Labute approximate surface area is 182 Å². The van der Waals surface area contributed by atoms with Gasteiger partial charge in [-0.05, 0) is 49.7 Å². The lowest BCUT2D eigenvalue weighted by atomic mass is 10.0. The number of carbonyl (C=O) groups excluding carboxylic acids is 2. The van der Waals surface area contributed by atoms with E-state index in [2.05, 4.69) is 14.9 Å². The lowest BCUT2D eigenvalue weighted by molar-refractivity contribution is -0.141. The molecule has 1 atom stereocenters. The van der Waals surface area contributed by atoms with Crippen LogP contribution >= 0.6 is 0 Å². The summed E-state index contributed by atoms with van der Waals surface area (Å²) in [5, 5.41) is 2.99. The fourth-order valence-electron chi connectivity index (χ4n) is 3.50. The molecule has 0 radical (unpaired) electrons. The molecule has 2 aromatic heterocycles. The highest BCUT2D eigenvalue weighted by Crippen LogP contribution is 2.23. The average Bonchev–Trinajstić information content (AvgIpc) is 3.07. The second-order valence-corrected chi connectivity index (χ2v) is 7.27. The normalized spacial score (nSPS) is 11.6. The maximum absolute atomic E-state index is 13.1. The van der Waals surface area contributed by atoms with Gasteiger partial charge in [-0.2, -0.15) is 0 Å². The molecule has 7 nitrogen and oxygen atoms in total. The van der Waals surface area contributed by atoms with E-state index in [0.717, 1.165) is 22.6 Å². The van der Waals surface area contributed by atoms with Crippen LogP contribution in [0.3, 0.4) is 0 Å². The summed E-state index contributed by atoms with van der Waals surface area (Å²) in [4.78, 5) is 29.5. The van der Waals surface area contributed by atoms with Gasteiger partial charge in [0, 0.05) is 17.6 Å². The molecule has 1 aromatic carbocycles. The number of rotatable bonds is 8. The van der Waals surface area contributed by atoms with Crippen molar-refractivity contribution in [3.63, 3.8) is 0 Å². The van der Waals surface area contributed by atoms with Crippen molar-refractivity contribution < 1.29 is 19.1 Å². The number of aromatic nitrogens is 2. The van der Waals surface area contributed by atoms with Gasteiger partial charge in [0.1, 0.15) is 5.75 Å². The number of aryl methyl sites for hydroxylation is 1. The molecule has 2 heterocycles. The first-order chi connectivity index (χ1) is 14.9. The van der Waals surface area contributed by atoms with Crippen molar-refractivity contribution in [3.05, 3.63) is 82.9 Å². The molecule has 0 saturated heterocycles. The summed E-state index contributed by atoms with van der Waals surface area (Å²) < 4.78 is 12.1. The Bertz CT molecular complexity index is 1040. The predicted octanol–water partition coefficient (Wildman–Crippen LogP) is 3.59. The van der Waals surface area contributed by atoms with Crippen molar-refractivity contribution in [2.24, 2.45) is 0 Å². The van der Waals surface area contributed by atoms with E-state index in [4.69, 9.17) is 9.47 Å². The molecule has 0 spiro atoms. The quantitative estimate of drug-likeness (QED) is 0.562. The highest BCUT2D eigenvalue weighted by Gasteiger charge is 2.23. The molecular formula is C24H27N3O4. The topological polar surface area (TPSA) is 82.5 Å². The summed E-state index contributed by atoms with van der Waals surface area (Å²) >= 11 is 0. The minimum atomic E-state index is -0.523. The van der Waals surface area contributed by atoms with Crippen LogP contribution in [-0.2, 0) is 16.1 Å². The molecule has 1 unspecified atom stereocenters. The van der Waals surface area contributed by atoms with Gasteiger partial charge in [-0.1, -0.05) is 18.2 Å². The number of nitrogens with one attached hydrogen (secondary N) is 1. The van der Waals surface area contributed by atoms with E-state index in [-0.39, 0.29) is 12.3 Å². The molecular weight excluding hydrogens is 394 g/mol. The number of nitrogens with zero attached hydrogens (tertiary/aromatic N) is 2. The van der Waals surface area contributed by atoms with Crippen molar-refractivity contribution >= 4 is 11.9 Å². The standard InChI is InChI=1S/C24H27N3O4/c1-16-13-21(17(2)27(16)15-19-7-5-6-12-25-19)24(29)26-22(14-23(28)31-4)18-8-10-20(30-3)11-9-18/h5-13,22H,14-15H2,1-4H3,(H,26,29). The molecule has 3 rings (SSSR count). The highest BCUT2D eigenvalue weighted by atomic mass is 16.5. The van der Waals surface area contributed by atoms with Crippen LogP contribution in [0.2, 0.25) is 0 Å². The van der Waals surface area contributed by atoms with Crippen LogP contribution in [0.15, 0.2) is 54.7 Å². The molecule has 0 saturated carbocycles. The first-order valence-electron chi connectivity index (χ1n) is 10.0. The predicted molar refractivity (Wildman–Crippen MR) is 117 cm³/mol. The Morgan fingerprint density at radius 3 is 2.45 bits per heavy atom. The van der Waals surface area contributed by atoms with E-state index in [1.54, 1.807) is 25.4 Å². The lowest BCUT2D eigenvalue weighted by Crippen LogP contribution is -2.30. The van der Waals surface area contributed by atoms with Gasteiger partial charge in [-0.15, -0.1) is 0 Å². The summed E-state index contributed by atoms with van der Waals surface area (Å²) in [5.74, 6) is 0.0526. The summed E-state index contributed by atoms with van der Waals surface area (Å²) in [5.41, 5.74) is 4.08. The van der Waals surface area contributed by atoms with Crippen LogP contribution in [-0.4, -0.2) is 35.6 Å². The van der Waals surface area contributed by atoms with E-state index in [9.17, 15) is 9.59 Å². The average molecular weight is 421 g/mol. The second kappa shape index (κ2) is 9.93. The van der Waals surface area contributed by atoms with Gasteiger partial charge in [-0.25, -0.2) is 0 Å². The van der Waals surface area contributed by atoms with Gasteiger partial charge >= 0.3 is 5.97 Å². The molecule has 162 valence electrons. The molecule has 1 amide bonds. The Hall–Kier alpha value is -3.61. The van der Waals surface area contributed by atoms with Crippen molar-refractivity contribution in [1.82, 2.24) is 14.9 Å². The van der Waals surface area contributed by atoms with Crippen LogP contribution in [0.25, 0.3) is 0 Å². The Morgan fingerprint density at radius 1 is 1.10 bits per heavy atom. The number of methoxy groups -OCH3 is 2. The minimum Gasteiger partial charge on any atom is -0.497 e. The van der Waals surface area contributed by atoms with Crippen molar-refractivity contribution in [2.75, 3.05) is 14.2 Å². The molecule has 31 heavy (non-hydrogen) atoms. The third-order valence-corrected chi connectivity index (χ3v) is 5.29. The number of pyridine rings is 1. The monoisotopic (exact) mass is 421 g/mol. The fraction of sp³-hybridized carbons (Fsp3) is 0.292. The number of esters is 1. The summed E-state index contributed by atoms with van der Waals surface area (Å²) in [6, 6.07) is 14.4. The van der Waals surface area contributed by atoms with E-state index in [0.29, 0.717) is 17.9 Å². The number of amides is 1. The second-order valence-electron chi connectivity index (χ2n) is 7.27. The number of carbonyl (C=O) groups is 2. The molecule has 0 aliphatic rings. The van der Waals surface area contributed by atoms with Crippen LogP contribution in [0, 0.1) is 13.8 Å². The van der Waals surface area contributed by atoms with Gasteiger partial charge in [0.2, 0.25) is 0 Å². The Balaban J connectivity index is 1.84. The van der Waals surface area contributed by atoms with Gasteiger partial charge < -0.3 is 19.4 Å². The van der Waals surface area contributed by atoms with Crippen molar-refractivity contribution in [1.29, 1.82) is 0 Å². The van der Waals surface area contributed by atoms with Crippen LogP contribution in [0.4, 0.5) is 0 Å². The van der Waals surface area contributed by atoms with E-state index in [1.807, 2.05) is 50.2 Å². The molecule has 0 fully saturated rings. The molecule has 0 aliphatic carbocycles. The van der Waals surface area contributed by atoms with Gasteiger partial charge in [0.15, 0.2) is 0 Å². The zero-order chi connectivity index (χ0) is 22.4. The number of ether oxygens (including phenoxy) is 2. The number of hydrogen-bond donors (Lipinski definition) is 1. The molecule has 7 heteroatoms. The van der Waals surface area contributed by atoms with Gasteiger partial charge in [0.05, 0.1) is 44.5 Å². The smallest absolute Gasteiger partial charge is 0.307 e. The zero-order valence-corrected chi connectivity index (χ0v) is 18.2. The van der Waals surface area contributed by atoms with E-state index in [1.165, 1.54) is 7.11 Å². The third-order valence-electron chi connectivity index (χ3n) is 5.29. The van der Waals surface area contributed by atoms with Crippen molar-refractivity contribution in [3.8, 4) is 5.75 Å². The number of hydrogen-bond acceptors (Lipinski definition) is 5. The minimum absolute atomic E-state index is 0.0290. The largest absolute Gasteiger partial charge is 0.497 e. The molecule has 0 bridgehead atoms. The lowest BCUT2D eigenvalue weighted by Gasteiger charge is -2.19. The SMILES string of the molecule is COC(=O)CC(NC(=O)c1cc(C)n(Cc2ccccn2)c1C)c1ccc(OC)cc1. The fourth-order valence-corrected chi connectivity index (χ4v) is 3.50. The summed E-state index contributed by atoms with van der Waals surface area (Å²) in [6.07, 6.45) is 1.78. The Kier molecular flexibility index (Phi) is 7.07. The molecule has 1 N–H and O–H groups in total. The van der Waals surface area contributed by atoms with E-state index >= 15 is 0 Å². The van der Waals surface area contributed by atoms with Gasteiger partial charge in [0.25, 0.3) is 5.91 Å². The summed E-state index contributed by atoms with van der Waals surface area (Å²) in [7, 11) is 2.92. The first-order valence-corrected chi connectivity index (χ1v) is 10.0. The maximum Gasteiger partial charge on any atom is 0.307 e.